The molecule has 1 atom stereocenters. The molecule has 152 valence electrons. The third-order valence-electron chi connectivity index (χ3n) is 5.25. The van der Waals surface area contributed by atoms with Gasteiger partial charge in [0.25, 0.3) is 0 Å². The molecule has 1 saturated heterocycles. The fraction of sp³-hybridized carbons (Fsp3) is 0.579. The Labute approximate surface area is 166 Å². The number of carboxylic acids is 1. The lowest BCUT2D eigenvalue weighted by atomic mass is 10.0. The van der Waals surface area contributed by atoms with Gasteiger partial charge in [-0.05, 0) is 44.5 Å². The molecule has 27 heavy (non-hydrogen) atoms. The normalized spacial score (nSPS) is 16.6. The van der Waals surface area contributed by atoms with E-state index in [1.165, 1.54) is 12.1 Å². The molecule has 1 fully saturated rings. The van der Waals surface area contributed by atoms with Gasteiger partial charge < -0.3 is 10.0 Å². The van der Waals surface area contributed by atoms with Crippen LogP contribution in [0.5, 0.6) is 0 Å². The van der Waals surface area contributed by atoms with Crippen LogP contribution in [-0.2, 0) is 9.59 Å². The van der Waals surface area contributed by atoms with Gasteiger partial charge in [-0.15, -0.1) is 12.4 Å². The first-order valence-electron chi connectivity index (χ1n) is 8.93. The predicted octanol–water partition coefficient (Wildman–Crippen LogP) is 2.25. The summed E-state index contributed by atoms with van der Waals surface area (Å²) in [5.74, 6) is -1.08. The van der Waals surface area contributed by atoms with Crippen LogP contribution in [0.3, 0.4) is 0 Å². The van der Waals surface area contributed by atoms with Crippen LogP contribution in [0.4, 0.5) is 4.39 Å². The summed E-state index contributed by atoms with van der Waals surface area (Å²) in [7, 11) is 3.60. The zero-order valence-electron chi connectivity index (χ0n) is 16.1. The number of likely N-dealkylation sites (tertiary alicyclic amines) is 1. The molecule has 0 saturated carbocycles. The van der Waals surface area contributed by atoms with Crippen LogP contribution in [0.15, 0.2) is 24.3 Å². The molecule has 1 unspecified atom stereocenters. The number of aliphatic carboxylic acids is 1. The maximum atomic E-state index is 13.1. The molecule has 0 radical (unpaired) electrons. The van der Waals surface area contributed by atoms with E-state index in [1.807, 2.05) is 18.9 Å². The van der Waals surface area contributed by atoms with Crippen molar-refractivity contribution in [3.63, 3.8) is 0 Å². The van der Waals surface area contributed by atoms with Gasteiger partial charge in [0.05, 0.1) is 19.1 Å². The Hall–Kier alpha value is -1.70. The third-order valence-corrected chi connectivity index (χ3v) is 5.25. The molecule has 1 amide bonds. The van der Waals surface area contributed by atoms with Crippen molar-refractivity contribution in [3.8, 4) is 0 Å². The molecule has 0 aromatic heterocycles. The van der Waals surface area contributed by atoms with Crippen molar-refractivity contribution in [1.29, 1.82) is 0 Å². The highest BCUT2D eigenvalue weighted by molar-refractivity contribution is 5.85. The van der Waals surface area contributed by atoms with Crippen molar-refractivity contribution in [2.24, 2.45) is 0 Å². The largest absolute Gasteiger partial charge is 0.480 e. The van der Waals surface area contributed by atoms with E-state index in [1.54, 1.807) is 24.1 Å². The summed E-state index contributed by atoms with van der Waals surface area (Å²) in [5.41, 5.74) is 0.899. The third kappa shape index (κ3) is 6.75. The van der Waals surface area contributed by atoms with Crippen molar-refractivity contribution in [3.05, 3.63) is 35.6 Å². The summed E-state index contributed by atoms with van der Waals surface area (Å²) < 4.78 is 13.1. The number of piperidine rings is 1. The first kappa shape index (κ1) is 23.3. The second kappa shape index (κ2) is 10.6. The van der Waals surface area contributed by atoms with Crippen molar-refractivity contribution < 1.29 is 19.1 Å². The lowest BCUT2D eigenvalue weighted by Gasteiger charge is -2.36. The van der Waals surface area contributed by atoms with E-state index < -0.39 is 5.97 Å². The maximum Gasteiger partial charge on any atom is 0.317 e. The average molecular weight is 402 g/mol. The van der Waals surface area contributed by atoms with E-state index >= 15 is 0 Å². The van der Waals surface area contributed by atoms with Crippen LogP contribution in [0.2, 0.25) is 0 Å². The average Bonchev–Trinajstić information content (AvgIpc) is 2.61. The summed E-state index contributed by atoms with van der Waals surface area (Å²) in [6.07, 6.45) is 1.71. The summed E-state index contributed by atoms with van der Waals surface area (Å²) in [5, 5.41) is 8.88. The Morgan fingerprint density at radius 2 is 1.78 bits per heavy atom. The minimum Gasteiger partial charge on any atom is -0.480 e. The van der Waals surface area contributed by atoms with Crippen LogP contribution < -0.4 is 0 Å². The van der Waals surface area contributed by atoms with Crippen molar-refractivity contribution in [1.82, 2.24) is 14.7 Å². The Balaban J connectivity index is 0.00000364. The van der Waals surface area contributed by atoms with E-state index in [4.69, 9.17) is 5.11 Å². The molecule has 0 aliphatic carbocycles. The van der Waals surface area contributed by atoms with E-state index in [0.717, 1.165) is 31.5 Å². The Kier molecular flexibility index (Phi) is 9.15. The van der Waals surface area contributed by atoms with Gasteiger partial charge in [-0.2, -0.15) is 0 Å². The van der Waals surface area contributed by atoms with Crippen molar-refractivity contribution in [2.45, 2.75) is 31.8 Å². The fourth-order valence-electron chi connectivity index (χ4n) is 3.34. The Morgan fingerprint density at radius 1 is 1.22 bits per heavy atom. The standard InChI is InChI=1S/C19H28FN3O3.ClH/c1-14(15-4-6-16(20)7-5-15)22(3)18(24)12-23-10-8-17(9-11-23)21(2)13-19(25)26;/h4-7,14,17H,8-13H2,1-3H3,(H,25,26);1H. The van der Waals surface area contributed by atoms with Gasteiger partial charge >= 0.3 is 5.97 Å². The number of carbonyl (C=O) groups is 2. The van der Waals surface area contributed by atoms with Gasteiger partial charge in [-0.1, -0.05) is 12.1 Å². The van der Waals surface area contributed by atoms with Crippen LogP contribution in [0, 0.1) is 5.82 Å². The molecule has 1 aliphatic heterocycles. The highest BCUT2D eigenvalue weighted by Gasteiger charge is 2.26. The van der Waals surface area contributed by atoms with E-state index in [9.17, 15) is 14.0 Å². The second-order valence-corrected chi connectivity index (χ2v) is 7.05. The number of carbonyl (C=O) groups excluding carboxylic acids is 1. The molecule has 1 aromatic rings. The molecule has 1 heterocycles. The number of carboxylic acid groups (broad SMARTS) is 1. The highest BCUT2D eigenvalue weighted by Crippen LogP contribution is 2.20. The number of nitrogens with zero attached hydrogens (tertiary/aromatic N) is 3. The molecule has 1 aliphatic rings. The number of benzene rings is 1. The number of halogens is 2. The molecule has 2 rings (SSSR count). The van der Waals surface area contributed by atoms with Crippen molar-refractivity contribution >= 4 is 24.3 Å². The smallest absolute Gasteiger partial charge is 0.317 e. The van der Waals surface area contributed by atoms with E-state index in [-0.39, 0.29) is 42.8 Å². The zero-order valence-corrected chi connectivity index (χ0v) is 16.9. The highest BCUT2D eigenvalue weighted by atomic mass is 35.5. The molecule has 8 heteroatoms. The van der Waals surface area contributed by atoms with Crippen LogP contribution in [0.25, 0.3) is 0 Å². The van der Waals surface area contributed by atoms with Crippen LogP contribution in [-0.4, -0.2) is 78.0 Å². The Bertz CT molecular complexity index is 621. The number of hydrogen-bond donors (Lipinski definition) is 1. The van der Waals surface area contributed by atoms with E-state index in [0.29, 0.717) is 6.54 Å². The van der Waals surface area contributed by atoms with Gasteiger partial charge in [0.2, 0.25) is 5.91 Å². The fourth-order valence-corrected chi connectivity index (χ4v) is 3.34. The number of amides is 1. The number of likely N-dealkylation sites (N-methyl/N-ethyl adjacent to an activating group) is 2. The lowest BCUT2D eigenvalue weighted by Crippen LogP contribution is -2.47. The second-order valence-electron chi connectivity index (χ2n) is 7.05. The lowest BCUT2D eigenvalue weighted by molar-refractivity contribution is -0.138. The van der Waals surface area contributed by atoms with Crippen LogP contribution >= 0.6 is 12.4 Å². The summed E-state index contributed by atoms with van der Waals surface area (Å²) in [6, 6.07) is 6.34. The molecular formula is C19H29ClFN3O3. The van der Waals surface area contributed by atoms with Gasteiger partial charge in [0, 0.05) is 26.2 Å². The molecular weight excluding hydrogens is 373 g/mol. The molecule has 0 spiro atoms. The SMILES string of the molecule is CC(c1ccc(F)cc1)N(C)C(=O)CN1CCC(N(C)CC(=O)O)CC1.Cl. The zero-order chi connectivity index (χ0) is 19.3. The minimum absolute atomic E-state index is 0. The molecule has 0 bridgehead atoms. The topological polar surface area (TPSA) is 64.1 Å². The van der Waals surface area contributed by atoms with Crippen LogP contribution in [0.1, 0.15) is 31.4 Å². The summed E-state index contributed by atoms with van der Waals surface area (Å²) >= 11 is 0. The summed E-state index contributed by atoms with van der Waals surface area (Å²) in [6.45, 7) is 3.87. The summed E-state index contributed by atoms with van der Waals surface area (Å²) in [4.78, 5) is 29.1. The molecule has 1 N–H and O–H groups in total. The minimum atomic E-state index is -0.818. The van der Waals surface area contributed by atoms with E-state index in [2.05, 4.69) is 4.90 Å². The monoisotopic (exact) mass is 401 g/mol. The van der Waals surface area contributed by atoms with Gasteiger partial charge in [-0.3, -0.25) is 19.4 Å². The van der Waals surface area contributed by atoms with Gasteiger partial charge in [0.1, 0.15) is 5.82 Å². The number of hydrogen-bond acceptors (Lipinski definition) is 4. The first-order valence-corrected chi connectivity index (χ1v) is 8.93. The van der Waals surface area contributed by atoms with Gasteiger partial charge in [0.15, 0.2) is 0 Å². The van der Waals surface area contributed by atoms with Gasteiger partial charge in [-0.25, -0.2) is 4.39 Å². The number of rotatable bonds is 7. The molecule has 1 aromatic carbocycles. The predicted molar refractivity (Wildman–Crippen MR) is 105 cm³/mol. The maximum absolute atomic E-state index is 13.1. The quantitative estimate of drug-likeness (QED) is 0.759. The Morgan fingerprint density at radius 3 is 2.30 bits per heavy atom. The molecule has 6 nitrogen and oxygen atoms in total. The van der Waals surface area contributed by atoms with Crippen molar-refractivity contribution in [2.75, 3.05) is 40.3 Å². The first-order chi connectivity index (χ1) is 12.3.